The van der Waals surface area contributed by atoms with Gasteiger partial charge in [0.25, 0.3) is 0 Å². The second-order valence-corrected chi connectivity index (χ2v) is 6.53. The van der Waals surface area contributed by atoms with Gasteiger partial charge in [0.05, 0.1) is 0 Å². The van der Waals surface area contributed by atoms with Gasteiger partial charge in [-0.2, -0.15) is 0 Å². The Morgan fingerprint density at radius 1 is 0.952 bits per heavy atom. The molecule has 0 saturated heterocycles. The molecule has 21 heavy (non-hydrogen) atoms. The zero-order valence-corrected chi connectivity index (χ0v) is 13.3. The molecule has 2 aromatic carbocycles. The predicted molar refractivity (Wildman–Crippen MR) is 88.4 cm³/mol. The van der Waals surface area contributed by atoms with E-state index in [2.05, 4.69) is 17.4 Å². The minimum absolute atomic E-state index is 0.170. The van der Waals surface area contributed by atoms with E-state index in [0.29, 0.717) is 0 Å². The van der Waals surface area contributed by atoms with Crippen LogP contribution in [0.3, 0.4) is 0 Å². The lowest BCUT2D eigenvalue weighted by atomic mass is 10.0. The molecule has 0 spiro atoms. The molecule has 0 aliphatic carbocycles. The molecule has 0 saturated carbocycles. The molecular formula is C18H20ClNO. The van der Waals surface area contributed by atoms with Crippen LogP contribution in [0.2, 0.25) is 0 Å². The van der Waals surface area contributed by atoms with E-state index >= 15 is 0 Å². The van der Waals surface area contributed by atoms with E-state index in [1.165, 1.54) is 0 Å². The first-order chi connectivity index (χ1) is 9.87. The molecule has 1 N–H and O–H groups in total. The fourth-order valence-corrected chi connectivity index (χ4v) is 2.26. The highest BCUT2D eigenvalue weighted by Gasteiger charge is 2.22. The Morgan fingerprint density at radius 3 is 2.00 bits per heavy atom. The SMILES string of the molecule is CC(C)(C)NC(=O)C(Cl)c1ccc(-c2ccccc2)cc1. The van der Waals surface area contributed by atoms with Gasteiger partial charge in [-0.15, -0.1) is 11.6 Å². The minimum atomic E-state index is -0.672. The van der Waals surface area contributed by atoms with E-state index in [0.717, 1.165) is 16.7 Å². The van der Waals surface area contributed by atoms with Crippen LogP contribution in [0.1, 0.15) is 31.7 Å². The van der Waals surface area contributed by atoms with Crippen LogP contribution in [-0.2, 0) is 4.79 Å². The molecule has 0 heterocycles. The molecule has 0 aliphatic rings. The Balaban J connectivity index is 2.14. The van der Waals surface area contributed by atoms with E-state index < -0.39 is 5.38 Å². The first-order valence-corrected chi connectivity index (χ1v) is 7.42. The maximum Gasteiger partial charge on any atom is 0.242 e. The standard InChI is InChI=1S/C18H20ClNO/c1-18(2,3)20-17(21)16(19)15-11-9-14(10-12-15)13-7-5-4-6-8-13/h4-12,16H,1-3H3,(H,20,21). The lowest BCUT2D eigenvalue weighted by Crippen LogP contribution is -2.42. The third kappa shape index (κ3) is 4.33. The van der Waals surface area contributed by atoms with Crippen molar-refractivity contribution >= 4 is 17.5 Å². The van der Waals surface area contributed by atoms with Crippen molar-refractivity contribution in [1.29, 1.82) is 0 Å². The van der Waals surface area contributed by atoms with Crippen molar-refractivity contribution in [2.75, 3.05) is 0 Å². The van der Waals surface area contributed by atoms with Crippen molar-refractivity contribution in [3.05, 3.63) is 60.2 Å². The maximum absolute atomic E-state index is 12.1. The molecule has 110 valence electrons. The van der Waals surface area contributed by atoms with Crippen LogP contribution in [0.25, 0.3) is 11.1 Å². The highest BCUT2D eigenvalue weighted by atomic mass is 35.5. The van der Waals surface area contributed by atoms with Crippen molar-refractivity contribution in [1.82, 2.24) is 5.32 Å². The lowest BCUT2D eigenvalue weighted by molar-refractivity contribution is -0.122. The van der Waals surface area contributed by atoms with E-state index in [4.69, 9.17) is 11.6 Å². The first-order valence-electron chi connectivity index (χ1n) is 6.98. The Hall–Kier alpha value is -1.80. The average Bonchev–Trinajstić information content (AvgIpc) is 2.46. The van der Waals surface area contributed by atoms with Gasteiger partial charge in [0, 0.05) is 5.54 Å². The van der Waals surface area contributed by atoms with Gasteiger partial charge < -0.3 is 5.32 Å². The van der Waals surface area contributed by atoms with Crippen LogP contribution >= 0.6 is 11.6 Å². The van der Waals surface area contributed by atoms with Crippen LogP contribution in [0.4, 0.5) is 0 Å². The smallest absolute Gasteiger partial charge is 0.242 e. The molecule has 2 aromatic rings. The summed E-state index contributed by atoms with van der Waals surface area (Å²) in [4.78, 5) is 12.1. The summed E-state index contributed by atoms with van der Waals surface area (Å²) in [5.74, 6) is -0.170. The van der Waals surface area contributed by atoms with Crippen molar-refractivity contribution in [2.24, 2.45) is 0 Å². The number of carbonyl (C=O) groups is 1. The average molecular weight is 302 g/mol. The van der Waals surface area contributed by atoms with E-state index in [1.54, 1.807) is 0 Å². The summed E-state index contributed by atoms with van der Waals surface area (Å²) in [7, 11) is 0. The van der Waals surface area contributed by atoms with Gasteiger partial charge in [-0.1, -0.05) is 54.6 Å². The molecule has 0 radical (unpaired) electrons. The number of benzene rings is 2. The molecule has 2 rings (SSSR count). The minimum Gasteiger partial charge on any atom is -0.350 e. The third-order valence-corrected chi connectivity index (χ3v) is 3.49. The van der Waals surface area contributed by atoms with Gasteiger partial charge in [0.1, 0.15) is 5.38 Å². The van der Waals surface area contributed by atoms with Crippen LogP contribution < -0.4 is 5.32 Å². The number of amides is 1. The number of rotatable bonds is 3. The summed E-state index contributed by atoms with van der Waals surface area (Å²) in [6.07, 6.45) is 0. The summed E-state index contributed by atoms with van der Waals surface area (Å²) < 4.78 is 0. The maximum atomic E-state index is 12.1. The van der Waals surface area contributed by atoms with Crippen molar-refractivity contribution in [2.45, 2.75) is 31.7 Å². The second kappa shape index (κ2) is 6.31. The quantitative estimate of drug-likeness (QED) is 0.828. The number of halogens is 1. The molecule has 0 fully saturated rings. The lowest BCUT2D eigenvalue weighted by Gasteiger charge is -2.22. The zero-order valence-electron chi connectivity index (χ0n) is 12.6. The summed E-state index contributed by atoms with van der Waals surface area (Å²) in [5, 5.41) is 2.22. The molecule has 0 bridgehead atoms. The summed E-state index contributed by atoms with van der Waals surface area (Å²) in [6.45, 7) is 5.81. The summed E-state index contributed by atoms with van der Waals surface area (Å²) >= 11 is 6.25. The van der Waals surface area contributed by atoms with Crippen LogP contribution in [0.5, 0.6) is 0 Å². The Bertz CT molecular complexity index is 599. The topological polar surface area (TPSA) is 29.1 Å². The van der Waals surface area contributed by atoms with Gasteiger partial charge in [-0.25, -0.2) is 0 Å². The highest BCUT2D eigenvalue weighted by molar-refractivity contribution is 6.30. The monoisotopic (exact) mass is 301 g/mol. The highest BCUT2D eigenvalue weighted by Crippen LogP contribution is 2.25. The van der Waals surface area contributed by atoms with Gasteiger partial charge in [0.15, 0.2) is 0 Å². The van der Waals surface area contributed by atoms with Crippen molar-refractivity contribution < 1.29 is 4.79 Å². The fraction of sp³-hybridized carbons (Fsp3) is 0.278. The van der Waals surface area contributed by atoms with E-state index in [-0.39, 0.29) is 11.4 Å². The van der Waals surface area contributed by atoms with E-state index in [1.807, 2.05) is 63.2 Å². The molecule has 1 amide bonds. The summed E-state index contributed by atoms with van der Waals surface area (Å²) in [6, 6.07) is 17.9. The van der Waals surface area contributed by atoms with Gasteiger partial charge in [0.2, 0.25) is 5.91 Å². The molecule has 1 atom stereocenters. The molecule has 0 aliphatic heterocycles. The third-order valence-electron chi connectivity index (χ3n) is 3.04. The Morgan fingerprint density at radius 2 is 1.48 bits per heavy atom. The number of hydrogen-bond donors (Lipinski definition) is 1. The van der Waals surface area contributed by atoms with Crippen molar-refractivity contribution in [3.8, 4) is 11.1 Å². The second-order valence-electron chi connectivity index (χ2n) is 6.09. The van der Waals surface area contributed by atoms with Crippen LogP contribution in [-0.4, -0.2) is 11.4 Å². The normalized spacial score (nSPS) is 12.8. The molecule has 1 unspecified atom stereocenters. The Kier molecular flexibility index (Phi) is 4.69. The van der Waals surface area contributed by atoms with Gasteiger partial charge in [-0.05, 0) is 37.5 Å². The molecular weight excluding hydrogens is 282 g/mol. The number of hydrogen-bond acceptors (Lipinski definition) is 1. The number of nitrogens with one attached hydrogen (secondary N) is 1. The van der Waals surface area contributed by atoms with Gasteiger partial charge >= 0.3 is 0 Å². The summed E-state index contributed by atoms with van der Waals surface area (Å²) in [5.41, 5.74) is 2.78. The molecule has 2 nitrogen and oxygen atoms in total. The van der Waals surface area contributed by atoms with Crippen molar-refractivity contribution in [3.63, 3.8) is 0 Å². The Labute approximate surface area is 131 Å². The zero-order chi connectivity index (χ0) is 15.5. The van der Waals surface area contributed by atoms with Crippen LogP contribution in [0.15, 0.2) is 54.6 Å². The number of carbonyl (C=O) groups excluding carboxylic acids is 1. The number of alkyl halides is 1. The fourth-order valence-electron chi connectivity index (χ4n) is 2.06. The predicted octanol–water partition coefficient (Wildman–Crippen LogP) is 4.55. The molecule has 0 aromatic heterocycles. The molecule has 3 heteroatoms. The van der Waals surface area contributed by atoms with Crippen LogP contribution in [0, 0.1) is 0 Å². The largest absolute Gasteiger partial charge is 0.350 e. The van der Waals surface area contributed by atoms with E-state index in [9.17, 15) is 4.79 Å². The van der Waals surface area contributed by atoms with Gasteiger partial charge in [-0.3, -0.25) is 4.79 Å². The first kappa shape index (κ1) is 15.6.